The number of ether oxygens (including phenoxy) is 1. The van der Waals surface area contributed by atoms with E-state index in [2.05, 4.69) is 10.6 Å². The summed E-state index contributed by atoms with van der Waals surface area (Å²) < 4.78 is 4.86. The topological polar surface area (TPSA) is 93.4 Å². The van der Waals surface area contributed by atoms with E-state index in [-0.39, 0.29) is 12.5 Å². The number of primary amides is 1. The molecule has 2 amide bonds. The Morgan fingerprint density at radius 2 is 2.07 bits per heavy atom. The molecule has 0 radical (unpaired) electrons. The fraction of sp³-hybridized carbons (Fsp3) is 0.778. The van der Waals surface area contributed by atoms with Crippen molar-refractivity contribution in [1.82, 2.24) is 10.6 Å². The highest BCUT2D eigenvalue weighted by Gasteiger charge is 1.99. The van der Waals surface area contributed by atoms with Gasteiger partial charge in [0.15, 0.2) is 0 Å². The van der Waals surface area contributed by atoms with Crippen LogP contribution in [0.1, 0.15) is 13.3 Å². The monoisotopic (exact) mass is 217 g/mol. The molecule has 4 N–H and O–H groups in total. The number of hydrogen-bond acceptors (Lipinski definition) is 4. The van der Waals surface area contributed by atoms with Crippen molar-refractivity contribution in [3.63, 3.8) is 0 Å². The van der Waals surface area contributed by atoms with Crippen LogP contribution in [0, 0.1) is 0 Å². The van der Waals surface area contributed by atoms with Crippen LogP contribution in [0.25, 0.3) is 0 Å². The van der Waals surface area contributed by atoms with E-state index >= 15 is 0 Å². The number of carbonyl (C=O) groups is 2. The molecular formula is C9H19N3O3. The lowest BCUT2D eigenvalue weighted by Crippen LogP contribution is -2.36. The van der Waals surface area contributed by atoms with Crippen molar-refractivity contribution >= 4 is 11.8 Å². The zero-order valence-electron chi connectivity index (χ0n) is 9.04. The Kier molecular flexibility index (Phi) is 8.70. The maximum absolute atomic E-state index is 11.1. The molecule has 0 unspecified atom stereocenters. The first-order valence-corrected chi connectivity index (χ1v) is 5.00. The standard InChI is InChI=1S/C9H19N3O3/c1-2-3-11-6-9(14)12-4-5-15-7-8(10)13/h11H,2-7H2,1H3,(H2,10,13)(H,12,14). The Balaban J connectivity index is 3.20. The molecule has 0 aliphatic rings. The fourth-order valence-corrected chi connectivity index (χ4v) is 0.877. The Bertz CT molecular complexity index is 197. The van der Waals surface area contributed by atoms with Crippen molar-refractivity contribution in [2.45, 2.75) is 13.3 Å². The molecule has 0 spiro atoms. The number of rotatable bonds is 9. The third-order valence-electron chi connectivity index (χ3n) is 1.53. The van der Waals surface area contributed by atoms with Crippen LogP contribution in [0.5, 0.6) is 0 Å². The first-order chi connectivity index (χ1) is 7.16. The van der Waals surface area contributed by atoms with E-state index in [0.717, 1.165) is 13.0 Å². The first kappa shape index (κ1) is 13.9. The average molecular weight is 217 g/mol. The Labute approximate surface area is 89.5 Å². The van der Waals surface area contributed by atoms with E-state index < -0.39 is 5.91 Å². The van der Waals surface area contributed by atoms with E-state index in [4.69, 9.17) is 10.5 Å². The number of nitrogens with two attached hydrogens (primary N) is 1. The predicted molar refractivity (Wildman–Crippen MR) is 56.2 cm³/mol. The minimum absolute atomic E-state index is 0.0777. The van der Waals surface area contributed by atoms with Crippen molar-refractivity contribution in [3.8, 4) is 0 Å². The normalized spacial score (nSPS) is 9.93. The summed E-state index contributed by atoms with van der Waals surface area (Å²) in [7, 11) is 0. The largest absolute Gasteiger partial charge is 0.370 e. The van der Waals surface area contributed by atoms with Crippen LogP contribution in [0.3, 0.4) is 0 Å². The summed E-state index contributed by atoms with van der Waals surface area (Å²) in [6.45, 7) is 3.74. The highest BCUT2D eigenvalue weighted by molar-refractivity contribution is 5.78. The van der Waals surface area contributed by atoms with Gasteiger partial charge in [0.1, 0.15) is 6.61 Å². The highest BCUT2D eigenvalue weighted by Crippen LogP contribution is 1.73. The molecule has 0 aliphatic heterocycles. The number of amides is 2. The predicted octanol–water partition coefficient (Wildman–Crippen LogP) is -1.40. The quantitative estimate of drug-likeness (QED) is 0.414. The van der Waals surface area contributed by atoms with Crippen molar-refractivity contribution in [1.29, 1.82) is 0 Å². The van der Waals surface area contributed by atoms with Gasteiger partial charge < -0.3 is 21.1 Å². The smallest absolute Gasteiger partial charge is 0.243 e. The molecule has 0 bridgehead atoms. The summed E-state index contributed by atoms with van der Waals surface area (Å²) in [5.41, 5.74) is 4.85. The molecule has 0 aromatic heterocycles. The van der Waals surface area contributed by atoms with Crippen LogP contribution >= 0.6 is 0 Å². The van der Waals surface area contributed by atoms with Gasteiger partial charge in [0.25, 0.3) is 0 Å². The van der Waals surface area contributed by atoms with Crippen molar-refractivity contribution < 1.29 is 14.3 Å². The first-order valence-electron chi connectivity index (χ1n) is 5.00. The van der Waals surface area contributed by atoms with E-state index in [0.29, 0.717) is 19.7 Å². The van der Waals surface area contributed by atoms with Gasteiger partial charge in [-0.15, -0.1) is 0 Å². The van der Waals surface area contributed by atoms with Crippen molar-refractivity contribution in [2.75, 3.05) is 32.8 Å². The van der Waals surface area contributed by atoms with Crippen LogP contribution in [0.15, 0.2) is 0 Å². The summed E-state index contributed by atoms with van der Waals surface area (Å²) in [6.07, 6.45) is 0.995. The van der Waals surface area contributed by atoms with Gasteiger partial charge in [-0.2, -0.15) is 0 Å². The lowest BCUT2D eigenvalue weighted by molar-refractivity contribution is -0.122. The van der Waals surface area contributed by atoms with Crippen molar-refractivity contribution in [3.05, 3.63) is 0 Å². The molecule has 15 heavy (non-hydrogen) atoms. The van der Waals surface area contributed by atoms with Crippen LogP contribution in [-0.4, -0.2) is 44.7 Å². The van der Waals surface area contributed by atoms with Gasteiger partial charge in [-0.1, -0.05) is 6.92 Å². The second kappa shape index (κ2) is 9.42. The molecule has 0 aliphatic carbocycles. The van der Waals surface area contributed by atoms with Gasteiger partial charge in [0.05, 0.1) is 13.2 Å². The Morgan fingerprint density at radius 3 is 2.67 bits per heavy atom. The zero-order chi connectivity index (χ0) is 11.5. The molecular weight excluding hydrogens is 198 g/mol. The molecule has 88 valence electrons. The Hall–Kier alpha value is -1.14. The maximum atomic E-state index is 11.1. The van der Waals surface area contributed by atoms with E-state index in [1.165, 1.54) is 0 Å². The van der Waals surface area contributed by atoms with E-state index in [9.17, 15) is 9.59 Å². The lowest BCUT2D eigenvalue weighted by Gasteiger charge is -2.05. The summed E-state index contributed by atoms with van der Waals surface area (Å²) in [6, 6.07) is 0. The minimum atomic E-state index is -0.508. The molecule has 0 saturated carbocycles. The third kappa shape index (κ3) is 10.8. The molecule has 0 fully saturated rings. The number of nitrogens with one attached hydrogen (secondary N) is 2. The highest BCUT2D eigenvalue weighted by atomic mass is 16.5. The van der Waals surface area contributed by atoms with Gasteiger partial charge in [0, 0.05) is 6.54 Å². The summed E-state index contributed by atoms with van der Waals surface area (Å²) in [4.78, 5) is 21.4. The minimum Gasteiger partial charge on any atom is -0.370 e. The van der Waals surface area contributed by atoms with Gasteiger partial charge in [-0.05, 0) is 13.0 Å². The van der Waals surface area contributed by atoms with Crippen LogP contribution < -0.4 is 16.4 Å². The zero-order valence-corrected chi connectivity index (χ0v) is 9.04. The van der Waals surface area contributed by atoms with Gasteiger partial charge >= 0.3 is 0 Å². The fourth-order valence-electron chi connectivity index (χ4n) is 0.877. The molecule has 0 aromatic rings. The number of hydrogen-bond donors (Lipinski definition) is 3. The molecule has 0 heterocycles. The lowest BCUT2D eigenvalue weighted by atomic mass is 10.4. The van der Waals surface area contributed by atoms with Gasteiger partial charge in [-0.3, -0.25) is 9.59 Å². The van der Waals surface area contributed by atoms with Crippen LogP contribution in [0.4, 0.5) is 0 Å². The molecule has 6 heteroatoms. The number of carbonyl (C=O) groups excluding carboxylic acids is 2. The Morgan fingerprint density at radius 1 is 1.33 bits per heavy atom. The summed E-state index contributed by atoms with van der Waals surface area (Å²) in [5.74, 6) is -0.586. The summed E-state index contributed by atoms with van der Waals surface area (Å²) in [5, 5.41) is 5.60. The average Bonchev–Trinajstić information content (AvgIpc) is 2.17. The molecule has 0 rings (SSSR count). The second-order valence-corrected chi connectivity index (χ2v) is 3.05. The summed E-state index contributed by atoms with van der Waals surface area (Å²) >= 11 is 0. The van der Waals surface area contributed by atoms with E-state index in [1.807, 2.05) is 6.92 Å². The van der Waals surface area contributed by atoms with E-state index in [1.54, 1.807) is 0 Å². The SMILES string of the molecule is CCCNCC(=O)NCCOCC(N)=O. The van der Waals surface area contributed by atoms with Crippen LogP contribution in [-0.2, 0) is 14.3 Å². The van der Waals surface area contributed by atoms with Gasteiger partial charge in [0.2, 0.25) is 11.8 Å². The molecule has 0 aromatic carbocycles. The molecule has 0 saturated heterocycles. The maximum Gasteiger partial charge on any atom is 0.243 e. The van der Waals surface area contributed by atoms with Gasteiger partial charge in [-0.25, -0.2) is 0 Å². The molecule has 0 atom stereocenters. The van der Waals surface area contributed by atoms with Crippen molar-refractivity contribution in [2.24, 2.45) is 5.73 Å². The molecule has 6 nitrogen and oxygen atoms in total. The third-order valence-corrected chi connectivity index (χ3v) is 1.53. The van der Waals surface area contributed by atoms with Crippen LogP contribution in [0.2, 0.25) is 0 Å². The second-order valence-electron chi connectivity index (χ2n) is 3.05.